The first-order chi connectivity index (χ1) is 18.5. The van der Waals surface area contributed by atoms with E-state index in [0.29, 0.717) is 23.7 Å². The lowest BCUT2D eigenvalue weighted by molar-refractivity contribution is -0.124. The van der Waals surface area contributed by atoms with E-state index in [1.807, 2.05) is 6.07 Å². The van der Waals surface area contributed by atoms with Crippen LogP contribution in [0.25, 0.3) is 16.7 Å². The molecule has 1 amide bonds. The topological polar surface area (TPSA) is 113 Å². The van der Waals surface area contributed by atoms with E-state index in [0.717, 1.165) is 12.8 Å². The van der Waals surface area contributed by atoms with Gasteiger partial charge in [0.15, 0.2) is 11.6 Å². The van der Waals surface area contributed by atoms with E-state index in [1.54, 1.807) is 67.1 Å². The fraction of sp³-hybridized carbons (Fsp3) is 0.321. The molecule has 0 bridgehead atoms. The second-order valence-corrected chi connectivity index (χ2v) is 8.95. The molecule has 10 heteroatoms. The van der Waals surface area contributed by atoms with Gasteiger partial charge in [-0.25, -0.2) is 9.78 Å². The molecule has 10 nitrogen and oxygen atoms in total. The number of pyridine rings is 2. The number of benzene rings is 1. The van der Waals surface area contributed by atoms with E-state index < -0.39 is 18.0 Å². The van der Waals surface area contributed by atoms with Crippen LogP contribution in [0, 0.1) is 0 Å². The van der Waals surface area contributed by atoms with Crippen LogP contribution >= 0.6 is 0 Å². The normalized spacial score (nSPS) is 16.6. The van der Waals surface area contributed by atoms with Crippen molar-refractivity contribution >= 4 is 28.6 Å². The molecule has 0 unspecified atom stereocenters. The standard InChI is InChI=1S/C28H28N4O6/c1-3-36-28(35)22-16-21-24(29-23-13-7-8-14-31(23)27(21)34)32(17-20-12-9-15-37-20)25(22)30-26(33)18(2)38-19-10-5-4-6-11-19/h4-8,10-11,13-14,16,18,20H,3,9,12,15,17H2,1-2H3/t18-,20+/m0/s1. The summed E-state index contributed by atoms with van der Waals surface area (Å²) < 4.78 is 20.0. The van der Waals surface area contributed by atoms with Gasteiger partial charge in [-0.1, -0.05) is 24.3 Å². The van der Waals surface area contributed by atoms with E-state index in [9.17, 15) is 14.4 Å². The smallest absolute Gasteiger partial charge is 0.341 e. The number of carbonyl (C=O) groups is 2. The predicted molar refractivity (Wildman–Crippen MR) is 139 cm³/mol. The molecule has 1 saturated heterocycles. The van der Waals surface area contributed by atoms with E-state index >= 15 is 0 Å². The Bertz CT molecular complexity index is 1620. The number of nitrogens with zero attached hydrogens (tertiary/aromatic N) is 4. The molecule has 38 heavy (non-hydrogen) atoms. The molecule has 5 rings (SSSR count). The van der Waals surface area contributed by atoms with Crippen LogP contribution in [-0.4, -0.2) is 51.2 Å². The fourth-order valence-corrected chi connectivity index (χ4v) is 4.47. The Morgan fingerprint density at radius 1 is 1.18 bits per heavy atom. The molecule has 0 saturated carbocycles. The van der Waals surface area contributed by atoms with Gasteiger partial charge < -0.3 is 18.8 Å². The first kappa shape index (κ1) is 25.3. The Labute approximate surface area is 218 Å². The first-order valence-corrected chi connectivity index (χ1v) is 12.6. The van der Waals surface area contributed by atoms with Crippen LogP contribution in [0.3, 0.4) is 0 Å². The van der Waals surface area contributed by atoms with Crippen LogP contribution in [-0.2, 0) is 20.8 Å². The molecule has 0 spiro atoms. The van der Waals surface area contributed by atoms with Gasteiger partial charge in [-0.05, 0) is 57.0 Å². The minimum Gasteiger partial charge on any atom is -0.481 e. The fourth-order valence-electron chi connectivity index (χ4n) is 4.47. The van der Waals surface area contributed by atoms with Crippen LogP contribution in [0.1, 0.15) is 37.0 Å². The third kappa shape index (κ3) is 5.08. The number of ether oxygens (including phenoxy) is 3. The number of amides is 1. The van der Waals surface area contributed by atoms with E-state index in [1.165, 1.54) is 10.5 Å². The van der Waals surface area contributed by atoms with Crippen molar-refractivity contribution in [1.82, 2.24) is 14.0 Å². The average Bonchev–Trinajstić information content (AvgIpc) is 3.44. The van der Waals surface area contributed by atoms with Crippen molar-refractivity contribution in [3.63, 3.8) is 0 Å². The lowest BCUT2D eigenvalue weighted by Crippen LogP contribution is -2.36. The van der Waals surface area contributed by atoms with Crippen molar-refractivity contribution < 1.29 is 23.8 Å². The number of para-hydroxylation sites is 1. The number of fused-ring (bicyclic) bond motifs is 2. The highest BCUT2D eigenvalue weighted by atomic mass is 16.5. The van der Waals surface area contributed by atoms with Crippen molar-refractivity contribution in [2.75, 3.05) is 13.2 Å². The highest BCUT2D eigenvalue weighted by Gasteiger charge is 2.24. The van der Waals surface area contributed by atoms with Gasteiger partial charge in [-0.3, -0.25) is 14.0 Å². The van der Waals surface area contributed by atoms with E-state index in [-0.39, 0.29) is 41.3 Å². The molecule has 0 aliphatic carbocycles. The van der Waals surface area contributed by atoms with E-state index in [2.05, 4.69) is 4.99 Å². The van der Waals surface area contributed by atoms with Gasteiger partial charge in [-0.15, -0.1) is 0 Å². The Kier molecular flexibility index (Phi) is 7.32. The highest BCUT2D eigenvalue weighted by molar-refractivity contribution is 5.94. The lowest BCUT2D eigenvalue weighted by atomic mass is 10.2. The summed E-state index contributed by atoms with van der Waals surface area (Å²) in [4.78, 5) is 48.9. The zero-order valence-electron chi connectivity index (χ0n) is 21.2. The van der Waals surface area contributed by atoms with Crippen molar-refractivity contribution in [2.24, 2.45) is 4.99 Å². The summed E-state index contributed by atoms with van der Waals surface area (Å²) in [5.41, 5.74) is 0.413. The monoisotopic (exact) mass is 516 g/mol. The number of rotatable bonds is 7. The molecule has 4 heterocycles. The summed E-state index contributed by atoms with van der Waals surface area (Å²) >= 11 is 0. The molecule has 1 aromatic carbocycles. The zero-order chi connectivity index (χ0) is 26.6. The molecule has 1 aliphatic rings. The summed E-state index contributed by atoms with van der Waals surface area (Å²) in [5, 5.41) is 0.203. The predicted octanol–water partition coefficient (Wildman–Crippen LogP) is 2.90. The van der Waals surface area contributed by atoms with Crippen molar-refractivity contribution in [1.29, 1.82) is 0 Å². The quantitative estimate of drug-likeness (QED) is 0.274. The van der Waals surface area contributed by atoms with Crippen molar-refractivity contribution in [3.8, 4) is 5.75 Å². The first-order valence-electron chi connectivity index (χ1n) is 12.6. The number of esters is 1. The molecule has 3 aromatic heterocycles. The summed E-state index contributed by atoms with van der Waals surface area (Å²) in [6.45, 7) is 4.23. The molecule has 196 valence electrons. The molecule has 2 atom stereocenters. The average molecular weight is 517 g/mol. The zero-order valence-corrected chi connectivity index (χ0v) is 21.2. The minimum absolute atomic E-state index is 0.00705. The van der Waals surface area contributed by atoms with Gasteiger partial charge in [0.2, 0.25) is 0 Å². The molecule has 0 N–H and O–H groups in total. The Morgan fingerprint density at radius 2 is 1.97 bits per heavy atom. The summed E-state index contributed by atoms with van der Waals surface area (Å²) in [6.07, 6.45) is 2.15. The molecular weight excluding hydrogens is 488 g/mol. The number of carbonyl (C=O) groups excluding carboxylic acids is 2. The Hall–Kier alpha value is -4.31. The largest absolute Gasteiger partial charge is 0.481 e. The summed E-state index contributed by atoms with van der Waals surface area (Å²) in [5.74, 6) is -0.783. The maximum absolute atomic E-state index is 13.5. The van der Waals surface area contributed by atoms with Crippen LogP contribution in [0.4, 0.5) is 0 Å². The highest BCUT2D eigenvalue weighted by Crippen LogP contribution is 2.18. The maximum Gasteiger partial charge on any atom is 0.341 e. The second kappa shape index (κ2) is 11.0. The number of aromatic nitrogens is 3. The number of hydrogen-bond donors (Lipinski definition) is 0. The third-order valence-corrected chi connectivity index (χ3v) is 6.32. The van der Waals surface area contributed by atoms with Gasteiger partial charge in [0.1, 0.15) is 22.6 Å². The molecule has 0 radical (unpaired) electrons. The summed E-state index contributed by atoms with van der Waals surface area (Å²) in [6, 6.07) is 15.6. The molecular formula is C28H28N4O6. The van der Waals surface area contributed by atoms with Gasteiger partial charge in [-0.2, -0.15) is 4.99 Å². The van der Waals surface area contributed by atoms with Crippen LogP contribution in [0.2, 0.25) is 0 Å². The van der Waals surface area contributed by atoms with Crippen molar-refractivity contribution in [3.05, 3.63) is 82.2 Å². The number of hydrogen-bond acceptors (Lipinski definition) is 7. The maximum atomic E-state index is 13.5. The minimum atomic E-state index is -0.936. The summed E-state index contributed by atoms with van der Waals surface area (Å²) in [7, 11) is 0. The van der Waals surface area contributed by atoms with Gasteiger partial charge >= 0.3 is 5.97 Å². The Morgan fingerprint density at radius 3 is 2.71 bits per heavy atom. The molecule has 1 fully saturated rings. The van der Waals surface area contributed by atoms with Crippen LogP contribution in [0.15, 0.2) is 70.6 Å². The molecule has 4 aromatic rings. The lowest BCUT2D eigenvalue weighted by Gasteiger charge is -2.18. The van der Waals surface area contributed by atoms with Gasteiger partial charge in [0.05, 0.1) is 24.6 Å². The third-order valence-electron chi connectivity index (χ3n) is 6.32. The van der Waals surface area contributed by atoms with E-state index in [4.69, 9.17) is 19.2 Å². The van der Waals surface area contributed by atoms with Crippen molar-refractivity contribution in [2.45, 2.75) is 45.4 Å². The molecule has 1 aliphatic heterocycles. The second-order valence-electron chi connectivity index (χ2n) is 8.95. The van der Waals surface area contributed by atoms with Gasteiger partial charge in [0, 0.05) is 12.8 Å². The van der Waals surface area contributed by atoms with Gasteiger partial charge in [0.25, 0.3) is 11.5 Å². The Balaban J connectivity index is 1.75. The SMILES string of the molecule is CCOC(=O)c1cc2c(=O)n3ccccc3nc2n(C[C@H]2CCCO2)c1=NC(=O)[C@H](C)Oc1ccccc1. The van der Waals surface area contributed by atoms with Crippen LogP contribution < -0.4 is 15.8 Å². The van der Waals surface area contributed by atoms with Crippen LogP contribution in [0.5, 0.6) is 5.75 Å².